The van der Waals surface area contributed by atoms with E-state index in [4.69, 9.17) is 9.97 Å². The van der Waals surface area contributed by atoms with E-state index in [2.05, 4.69) is 34.1 Å². The molecule has 3 heteroatoms. The molecule has 0 aliphatic carbocycles. The lowest BCUT2D eigenvalue weighted by atomic mass is 10.1. The first-order chi connectivity index (χ1) is 11.2. The molecule has 0 saturated carbocycles. The van der Waals surface area contributed by atoms with E-state index in [0.29, 0.717) is 0 Å². The molecule has 0 bridgehead atoms. The summed E-state index contributed by atoms with van der Waals surface area (Å²) < 4.78 is 1.02. The summed E-state index contributed by atoms with van der Waals surface area (Å²) in [5.74, 6) is 0.740. The minimum atomic E-state index is 0.740. The molecule has 1 heterocycles. The van der Waals surface area contributed by atoms with Gasteiger partial charge in [0.15, 0.2) is 5.82 Å². The highest BCUT2D eigenvalue weighted by atomic mass is 79.9. The Bertz CT molecular complexity index is 910. The van der Waals surface area contributed by atoms with Crippen LogP contribution < -0.4 is 0 Å². The van der Waals surface area contributed by atoms with Crippen LogP contribution in [0.4, 0.5) is 0 Å². The van der Waals surface area contributed by atoms with Gasteiger partial charge in [0.05, 0.1) is 11.2 Å². The molecule has 2 nitrogen and oxygen atoms in total. The van der Waals surface area contributed by atoms with Crippen molar-refractivity contribution in [2.24, 2.45) is 0 Å². The molecule has 3 rings (SSSR count). The Labute approximate surface area is 144 Å². The number of fused-ring (bicyclic) bond motifs is 1. The van der Waals surface area contributed by atoms with Crippen LogP contribution in [0.1, 0.15) is 19.5 Å². The van der Waals surface area contributed by atoms with Gasteiger partial charge < -0.3 is 0 Å². The number of rotatable bonds is 3. The van der Waals surface area contributed by atoms with Gasteiger partial charge in [0.25, 0.3) is 0 Å². The molecule has 0 amide bonds. The second kappa shape index (κ2) is 6.88. The third-order valence-electron chi connectivity index (χ3n) is 3.62. The van der Waals surface area contributed by atoms with Gasteiger partial charge >= 0.3 is 0 Å². The Balaban J connectivity index is 2.30. The van der Waals surface area contributed by atoms with Gasteiger partial charge in [0, 0.05) is 15.4 Å². The second-order valence-electron chi connectivity index (χ2n) is 5.17. The first kappa shape index (κ1) is 15.6. The fourth-order valence-corrected chi connectivity index (χ4v) is 2.94. The van der Waals surface area contributed by atoms with Crippen molar-refractivity contribution in [1.82, 2.24) is 9.97 Å². The number of hydrogen-bond acceptors (Lipinski definition) is 2. The average molecular weight is 365 g/mol. The van der Waals surface area contributed by atoms with E-state index in [1.54, 1.807) is 0 Å². The molecular weight excluding hydrogens is 348 g/mol. The van der Waals surface area contributed by atoms with E-state index in [0.717, 1.165) is 38.0 Å². The van der Waals surface area contributed by atoms with Gasteiger partial charge in [0.2, 0.25) is 0 Å². The lowest BCUT2D eigenvalue weighted by Crippen LogP contribution is -1.97. The van der Waals surface area contributed by atoms with Crippen LogP contribution >= 0.6 is 15.9 Å². The molecule has 0 radical (unpaired) electrons. The number of halogens is 1. The van der Waals surface area contributed by atoms with Crippen LogP contribution in [0.3, 0.4) is 0 Å². The van der Waals surface area contributed by atoms with Crippen molar-refractivity contribution in [1.29, 1.82) is 0 Å². The fraction of sp³-hybridized carbons (Fsp3) is 0.100. The van der Waals surface area contributed by atoms with Crippen molar-refractivity contribution in [2.75, 3.05) is 0 Å². The molecular formula is C20H17BrN2. The molecule has 0 unspecified atom stereocenters. The molecule has 0 atom stereocenters. The van der Waals surface area contributed by atoms with Gasteiger partial charge in [-0.25, -0.2) is 9.97 Å². The Morgan fingerprint density at radius 3 is 2.57 bits per heavy atom. The molecule has 23 heavy (non-hydrogen) atoms. The van der Waals surface area contributed by atoms with Gasteiger partial charge in [-0.05, 0) is 37.6 Å². The molecule has 0 aliphatic heterocycles. The number of nitrogens with zero attached hydrogens (tertiary/aromatic N) is 2. The number of hydrogen-bond donors (Lipinski definition) is 0. The van der Waals surface area contributed by atoms with Gasteiger partial charge in [-0.15, -0.1) is 0 Å². The van der Waals surface area contributed by atoms with E-state index in [1.807, 2.05) is 62.4 Å². The highest BCUT2D eigenvalue weighted by Crippen LogP contribution is 2.28. The zero-order valence-electron chi connectivity index (χ0n) is 13.1. The predicted octanol–water partition coefficient (Wildman–Crippen LogP) is 6.04. The average Bonchev–Trinajstić information content (AvgIpc) is 2.59. The van der Waals surface area contributed by atoms with E-state index >= 15 is 0 Å². The number of benzene rings is 2. The quantitative estimate of drug-likeness (QED) is 0.529. The maximum absolute atomic E-state index is 4.85. The van der Waals surface area contributed by atoms with E-state index < -0.39 is 0 Å². The standard InChI is InChI=1S/C20H17BrN2/c1-3-8-14(4-2)19-17-11-5-6-12-18(17)22-20(23-19)15-9-7-10-16(21)13-15/h3-13H,1-2H3/b8-3-,14-4+. The second-order valence-corrected chi connectivity index (χ2v) is 6.08. The number of aromatic nitrogens is 2. The lowest BCUT2D eigenvalue weighted by Gasteiger charge is -2.10. The molecule has 0 aliphatic rings. The summed E-state index contributed by atoms with van der Waals surface area (Å²) >= 11 is 3.52. The van der Waals surface area contributed by atoms with Gasteiger partial charge in [-0.1, -0.05) is 64.5 Å². The highest BCUT2D eigenvalue weighted by Gasteiger charge is 2.11. The molecule has 0 N–H and O–H groups in total. The smallest absolute Gasteiger partial charge is 0.160 e. The molecule has 1 aromatic heterocycles. The molecule has 0 spiro atoms. The summed E-state index contributed by atoms with van der Waals surface area (Å²) in [7, 11) is 0. The Hall–Kier alpha value is -2.26. The first-order valence-corrected chi connectivity index (χ1v) is 8.34. The molecule has 2 aromatic carbocycles. The van der Waals surface area contributed by atoms with Crippen LogP contribution in [0, 0.1) is 0 Å². The van der Waals surface area contributed by atoms with Crippen molar-refractivity contribution >= 4 is 32.4 Å². The van der Waals surface area contributed by atoms with E-state index in [9.17, 15) is 0 Å². The Morgan fingerprint density at radius 1 is 1.00 bits per heavy atom. The lowest BCUT2D eigenvalue weighted by molar-refractivity contribution is 1.20. The minimum absolute atomic E-state index is 0.740. The van der Waals surface area contributed by atoms with Crippen LogP contribution in [-0.2, 0) is 0 Å². The SMILES string of the molecule is C/C=C\C(=C/C)c1nc(-c2cccc(Br)c2)nc2ccccc12. The fourth-order valence-electron chi connectivity index (χ4n) is 2.54. The Kier molecular flexibility index (Phi) is 4.68. The summed E-state index contributed by atoms with van der Waals surface area (Å²) in [5, 5.41) is 1.07. The predicted molar refractivity (Wildman–Crippen MR) is 101 cm³/mol. The summed E-state index contributed by atoms with van der Waals surface area (Å²) in [6.07, 6.45) is 6.20. The van der Waals surface area contributed by atoms with E-state index in [-0.39, 0.29) is 0 Å². The maximum Gasteiger partial charge on any atom is 0.160 e. The molecule has 114 valence electrons. The number of para-hydroxylation sites is 1. The van der Waals surface area contributed by atoms with Crippen molar-refractivity contribution in [2.45, 2.75) is 13.8 Å². The number of allylic oxidation sites excluding steroid dienone is 4. The third-order valence-corrected chi connectivity index (χ3v) is 4.11. The first-order valence-electron chi connectivity index (χ1n) is 7.55. The highest BCUT2D eigenvalue weighted by molar-refractivity contribution is 9.10. The van der Waals surface area contributed by atoms with Crippen LogP contribution in [0.5, 0.6) is 0 Å². The zero-order chi connectivity index (χ0) is 16.2. The van der Waals surface area contributed by atoms with Gasteiger partial charge in [0.1, 0.15) is 0 Å². The summed E-state index contributed by atoms with van der Waals surface area (Å²) in [6.45, 7) is 4.05. The van der Waals surface area contributed by atoms with Crippen LogP contribution in [-0.4, -0.2) is 9.97 Å². The van der Waals surface area contributed by atoms with Crippen LogP contribution in [0.25, 0.3) is 27.9 Å². The topological polar surface area (TPSA) is 25.8 Å². The van der Waals surface area contributed by atoms with Crippen molar-refractivity contribution in [3.8, 4) is 11.4 Å². The normalized spacial score (nSPS) is 12.2. The summed E-state index contributed by atoms with van der Waals surface area (Å²) in [4.78, 5) is 9.59. The van der Waals surface area contributed by atoms with E-state index in [1.165, 1.54) is 0 Å². The van der Waals surface area contributed by atoms with Crippen molar-refractivity contribution in [3.05, 3.63) is 76.9 Å². The maximum atomic E-state index is 4.85. The van der Waals surface area contributed by atoms with Gasteiger partial charge in [-0.3, -0.25) is 0 Å². The molecule has 0 fully saturated rings. The van der Waals surface area contributed by atoms with Gasteiger partial charge in [-0.2, -0.15) is 0 Å². The summed E-state index contributed by atoms with van der Waals surface area (Å²) in [6, 6.07) is 16.2. The summed E-state index contributed by atoms with van der Waals surface area (Å²) in [5.41, 5.74) is 4.02. The minimum Gasteiger partial charge on any atom is -0.228 e. The molecule has 0 saturated heterocycles. The van der Waals surface area contributed by atoms with Crippen LogP contribution in [0.2, 0.25) is 0 Å². The monoisotopic (exact) mass is 364 g/mol. The van der Waals surface area contributed by atoms with Crippen LogP contribution in [0.15, 0.2) is 71.2 Å². The Morgan fingerprint density at radius 2 is 1.83 bits per heavy atom. The molecule has 3 aromatic rings. The van der Waals surface area contributed by atoms with Crippen molar-refractivity contribution < 1.29 is 0 Å². The third kappa shape index (κ3) is 3.25. The largest absolute Gasteiger partial charge is 0.228 e. The zero-order valence-corrected chi connectivity index (χ0v) is 14.7. The van der Waals surface area contributed by atoms with Crippen molar-refractivity contribution in [3.63, 3.8) is 0 Å².